The van der Waals surface area contributed by atoms with Crippen LogP contribution in [-0.4, -0.2) is 24.8 Å². The molecule has 0 heterocycles. The van der Waals surface area contributed by atoms with Gasteiger partial charge < -0.3 is 10.1 Å². The lowest BCUT2D eigenvalue weighted by molar-refractivity contribution is -0.141. The van der Waals surface area contributed by atoms with Crippen LogP contribution in [0.1, 0.15) is 41.2 Å². The van der Waals surface area contributed by atoms with Gasteiger partial charge in [-0.15, -0.1) is 0 Å². The molecule has 0 bridgehead atoms. The van der Waals surface area contributed by atoms with Crippen molar-refractivity contribution in [3.8, 4) is 0 Å². The molecule has 2 aromatic carbocycles. The summed E-state index contributed by atoms with van der Waals surface area (Å²) in [5, 5.41) is 2.76. The molecule has 6 heteroatoms. The Morgan fingerprint density at radius 2 is 1.65 bits per heavy atom. The molecule has 0 spiro atoms. The maximum Gasteiger partial charge on any atom is 0.307 e. The first-order chi connectivity index (χ1) is 12.5. The fourth-order valence-electron chi connectivity index (χ4n) is 2.46. The highest BCUT2D eigenvalue weighted by Gasteiger charge is 2.19. The Morgan fingerprint density at radius 3 is 2.27 bits per heavy atom. The van der Waals surface area contributed by atoms with Crippen LogP contribution in [0.5, 0.6) is 0 Å². The van der Waals surface area contributed by atoms with E-state index in [9.17, 15) is 18.8 Å². The van der Waals surface area contributed by atoms with Crippen molar-refractivity contribution >= 4 is 17.7 Å². The number of ether oxygens (including phenoxy) is 1. The number of rotatable bonds is 8. The molecule has 136 valence electrons. The largest absolute Gasteiger partial charge is 0.469 e. The molecule has 0 radical (unpaired) electrons. The van der Waals surface area contributed by atoms with Gasteiger partial charge in [0.25, 0.3) is 0 Å². The van der Waals surface area contributed by atoms with Crippen LogP contribution in [0, 0.1) is 5.82 Å². The predicted molar refractivity (Wildman–Crippen MR) is 93.9 cm³/mol. The molecule has 1 N–H and O–H groups in total. The van der Waals surface area contributed by atoms with Gasteiger partial charge in [-0.2, -0.15) is 0 Å². The average Bonchev–Trinajstić information content (AvgIpc) is 2.66. The molecular weight excluding hydrogens is 337 g/mol. The number of esters is 1. The minimum Gasteiger partial charge on any atom is -0.469 e. The van der Waals surface area contributed by atoms with E-state index in [0.717, 1.165) is 5.56 Å². The summed E-state index contributed by atoms with van der Waals surface area (Å²) < 4.78 is 17.6. The molecule has 2 aromatic rings. The van der Waals surface area contributed by atoms with E-state index in [-0.39, 0.29) is 31.0 Å². The normalized spacial score (nSPS) is 11.5. The van der Waals surface area contributed by atoms with Crippen LogP contribution >= 0.6 is 0 Å². The van der Waals surface area contributed by atoms with Crippen molar-refractivity contribution in [2.75, 3.05) is 7.11 Å². The highest BCUT2D eigenvalue weighted by Crippen LogP contribution is 2.17. The van der Waals surface area contributed by atoms with E-state index in [1.807, 2.05) is 18.2 Å². The standard InChI is InChI=1S/C20H20FNO4/c1-26-20(25)13-17(14-5-3-2-4-6-14)22-19(24)12-11-18(23)15-7-9-16(21)10-8-15/h2-10,17H,11-13H2,1H3,(H,22,24). The van der Waals surface area contributed by atoms with E-state index < -0.39 is 17.8 Å². The second-order valence-electron chi connectivity index (χ2n) is 5.74. The summed E-state index contributed by atoms with van der Waals surface area (Å²) in [6.45, 7) is 0. The van der Waals surface area contributed by atoms with E-state index in [1.165, 1.54) is 31.4 Å². The smallest absolute Gasteiger partial charge is 0.307 e. The Kier molecular flexibility index (Phi) is 7.02. The number of nitrogens with one attached hydrogen (secondary N) is 1. The zero-order chi connectivity index (χ0) is 18.9. The maximum absolute atomic E-state index is 12.9. The summed E-state index contributed by atoms with van der Waals surface area (Å²) in [5.41, 5.74) is 1.13. The third-order valence-electron chi connectivity index (χ3n) is 3.88. The highest BCUT2D eigenvalue weighted by molar-refractivity contribution is 5.97. The summed E-state index contributed by atoms with van der Waals surface area (Å²) >= 11 is 0. The minimum absolute atomic E-state index is 0.00182. The highest BCUT2D eigenvalue weighted by atomic mass is 19.1. The van der Waals surface area contributed by atoms with Gasteiger partial charge in [0.05, 0.1) is 19.6 Å². The molecule has 0 fully saturated rings. The molecule has 5 nitrogen and oxygen atoms in total. The van der Waals surface area contributed by atoms with Gasteiger partial charge in [0.1, 0.15) is 5.82 Å². The predicted octanol–water partition coefficient (Wildman–Crippen LogP) is 3.21. The Hall–Kier alpha value is -3.02. The first kappa shape index (κ1) is 19.3. The number of ketones is 1. The number of hydrogen-bond acceptors (Lipinski definition) is 4. The van der Waals surface area contributed by atoms with Crippen LogP contribution in [0.3, 0.4) is 0 Å². The lowest BCUT2D eigenvalue weighted by atomic mass is 10.0. The summed E-state index contributed by atoms with van der Waals surface area (Å²) in [5.74, 6) is -1.46. The zero-order valence-electron chi connectivity index (χ0n) is 14.4. The molecule has 0 saturated heterocycles. The van der Waals surface area contributed by atoms with Gasteiger partial charge in [0, 0.05) is 18.4 Å². The monoisotopic (exact) mass is 357 g/mol. The molecule has 0 saturated carbocycles. The number of carbonyl (C=O) groups excluding carboxylic acids is 3. The lowest BCUT2D eigenvalue weighted by Crippen LogP contribution is -2.30. The summed E-state index contributed by atoms with van der Waals surface area (Å²) in [4.78, 5) is 35.9. The van der Waals surface area contributed by atoms with Gasteiger partial charge in [-0.05, 0) is 29.8 Å². The summed E-state index contributed by atoms with van der Waals surface area (Å²) in [6.07, 6.45) is -0.0317. The molecule has 1 atom stereocenters. The van der Waals surface area contributed by atoms with Crippen LogP contribution in [0.15, 0.2) is 54.6 Å². The van der Waals surface area contributed by atoms with Crippen LogP contribution in [0.25, 0.3) is 0 Å². The second kappa shape index (κ2) is 9.46. The number of hydrogen-bond donors (Lipinski definition) is 1. The van der Waals surface area contributed by atoms with Gasteiger partial charge in [0.15, 0.2) is 5.78 Å². The molecule has 1 amide bonds. The number of Topliss-reactive ketones (excluding diaryl/α,β-unsaturated/α-hetero) is 1. The van der Waals surface area contributed by atoms with Crippen molar-refractivity contribution in [1.29, 1.82) is 0 Å². The number of carbonyl (C=O) groups is 3. The van der Waals surface area contributed by atoms with Crippen LogP contribution in [0.4, 0.5) is 4.39 Å². The summed E-state index contributed by atoms with van der Waals surface area (Å²) in [6, 6.07) is 13.7. The quantitative estimate of drug-likeness (QED) is 0.582. The molecule has 0 aromatic heterocycles. The fourth-order valence-corrected chi connectivity index (χ4v) is 2.46. The third-order valence-corrected chi connectivity index (χ3v) is 3.88. The minimum atomic E-state index is -0.530. The van der Waals surface area contributed by atoms with E-state index in [2.05, 4.69) is 10.1 Å². The molecular formula is C20H20FNO4. The van der Waals surface area contributed by atoms with E-state index >= 15 is 0 Å². The lowest BCUT2D eigenvalue weighted by Gasteiger charge is -2.18. The zero-order valence-corrected chi connectivity index (χ0v) is 14.4. The molecule has 0 aliphatic rings. The summed E-state index contributed by atoms with van der Waals surface area (Å²) in [7, 11) is 1.29. The Morgan fingerprint density at radius 1 is 1.00 bits per heavy atom. The first-order valence-corrected chi connectivity index (χ1v) is 8.19. The SMILES string of the molecule is COC(=O)CC(NC(=O)CCC(=O)c1ccc(F)cc1)c1ccccc1. The molecule has 1 unspecified atom stereocenters. The van der Waals surface area contributed by atoms with E-state index in [4.69, 9.17) is 0 Å². The van der Waals surface area contributed by atoms with Gasteiger partial charge in [0.2, 0.25) is 5.91 Å². The molecule has 0 aliphatic carbocycles. The fraction of sp³-hybridized carbons (Fsp3) is 0.250. The van der Waals surface area contributed by atoms with E-state index in [1.54, 1.807) is 12.1 Å². The third kappa shape index (κ3) is 5.81. The van der Waals surface area contributed by atoms with E-state index in [0.29, 0.717) is 5.56 Å². The van der Waals surface area contributed by atoms with Crippen molar-refractivity contribution in [2.24, 2.45) is 0 Å². The van der Waals surface area contributed by atoms with Gasteiger partial charge in [-0.3, -0.25) is 14.4 Å². The molecule has 26 heavy (non-hydrogen) atoms. The van der Waals surface area contributed by atoms with Gasteiger partial charge in [-0.25, -0.2) is 4.39 Å². The number of benzene rings is 2. The van der Waals surface area contributed by atoms with Crippen molar-refractivity contribution < 1.29 is 23.5 Å². The topological polar surface area (TPSA) is 72.5 Å². The Bertz CT molecular complexity index is 759. The van der Waals surface area contributed by atoms with Crippen molar-refractivity contribution in [1.82, 2.24) is 5.32 Å². The van der Waals surface area contributed by atoms with Gasteiger partial charge >= 0.3 is 5.97 Å². The molecule has 0 aliphatic heterocycles. The van der Waals surface area contributed by atoms with Crippen molar-refractivity contribution in [2.45, 2.75) is 25.3 Å². The maximum atomic E-state index is 12.9. The molecule has 2 rings (SSSR count). The number of methoxy groups -OCH3 is 1. The second-order valence-corrected chi connectivity index (χ2v) is 5.74. The number of halogens is 1. The van der Waals surface area contributed by atoms with Gasteiger partial charge in [-0.1, -0.05) is 30.3 Å². The average molecular weight is 357 g/mol. The Balaban J connectivity index is 1.95. The number of amides is 1. The first-order valence-electron chi connectivity index (χ1n) is 8.19. The van der Waals surface area contributed by atoms with Crippen LogP contribution < -0.4 is 5.32 Å². The van der Waals surface area contributed by atoms with Crippen LogP contribution in [0.2, 0.25) is 0 Å². The van der Waals surface area contributed by atoms with Crippen LogP contribution in [-0.2, 0) is 14.3 Å². The van der Waals surface area contributed by atoms with Crippen molar-refractivity contribution in [3.63, 3.8) is 0 Å². The Labute approximate surface area is 151 Å². The van der Waals surface area contributed by atoms with Crippen molar-refractivity contribution in [3.05, 3.63) is 71.5 Å².